The summed E-state index contributed by atoms with van der Waals surface area (Å²) in [5.74, 6) is 0.350. The zero-order chi connectivity index (χ0) is 18.2. The van der Waals surface area contributed by atoms with Crippen LogP contribution in [0.15, 0.2) is 61.2 Å². The van der Waals surface area contributed by atoms with E-state index in [1.165, 1.54) is 6.33 Å². The van der Waals surface area contributed by atoms with E-state index in [9.17, 15) is 4.79 Å². The molecule has 0 spiro atoms. The van der Waals surface area contributed by atoms with Crippen molar-refractivity contribution in [2.24, 2.45) is 0 Å². The van der Waals surface area contributed by atoms with Crippen molar-refractivity contribution in [2.75, 3.05) is 11.9 Å². The number of aromatic nitrogens is 3. The van der Waals surface area contributed by atoms with Crippen LogP contribution in [0.1, 0.15) is 21.6 Å². The number of carbonyl (C=O) groups is 1. The van der Waals surface area contributed by atoms with Gasteiger partial charge in [-0.25, -0.2) is 9.97 Å². The van der Waals surface area contributed by atoms with Gasteiger partial charge in [0.25, 0.3) is 5.91 Å². The topological polar surface area (TPSA) is 79.8 Å². The first-order valence-corrected chi connectivity index (χ1v) is 8.56. The second-order valence-corrected chi connectivity index (χ2v) is 6.08. The van der Waals surface area contributed by atoms with E-state index in [2.05, 4.69) is 25.6 Å². The summed E-state index contributed by atoms with van der Waals surface area (Å²) in [5.41, 5.74) is 2.41. The van der Waals surface area contributed by atoms with Crippen LogP contribution in [0, 0.1) is 0 Å². The molecule has 132 valence electrons. The van der Waals surface area contributed by atoms with E-state index in [1.54, 1.807) is 18.5 Å². The number of anilines is 1. The number of nitrogens with zero attached hydrogens (tertiary/aromatic N) is 3. The van der Waals surface area contributed by atoms with Crippen LogP contribution in [0.3, 0.4) is 0 Å². The quantitative estimate of drug-likeness (QED) is 0.670. The van der Waals surface area contributed by atoms with Gasteiger partial charge in [0.1, 0.15) is 17.8 Å². The summed E-state index contributed by atoms with van der Waals surface area (Å²) in [4.78, 5) is 24.5. The number of amides is 1. The molecule has 1 amide bonds. The molecule has 0 saturated heterocycles. The molecule has 3 aromatic rings. The number of hydrogen-bond donors (Lipinski definition) is 2. The molecule has 0 aliphatic carbocycles. The van der Waals surface area contributed by atoms with Gasteiger partial charge < -0.3 is 10.6 Å². The fourth-order valence-electron chi connectivity index (χ4n) is 2.38. The van der Waals surface area contributed by atoms with Gasteiger partial charge in [-0.3, -0.25) is 9.78 Å². The van der Waals surface area contributed by atoms with Crippen LogP contribution in [0.2, 0.25) is 5.02 Å². The Morgan fingerprint density at radius 1 is 1.08 bits per heavy atom. The molecule has 0 saturated carbocycles. The minimum atomic E-state index is -0.237. The summed E-state index contributed by atoms with van der Waals surface area (Å²) in [6, 6.07) is 13.0. The summed E-state index contributed by atoms with van der Waals surface area (Å²) >= 11 is 5.96. The Balaban J connectivity index is 1.52. The molecule has 0 atom stereocenters. The van der Waals surface area contributed by atoms with Gasteiger partial charge in [-0.1, -0.05) is 29.8 Å². The fourth-order valence-corrected chi connectivity index (χ4v) is 2.59. The summed E-state index contributed by atoms with van der Waals surface area (Å²) in [7, 11) is 0. The molecule has 7 heteroatoms. The van der Waals surface area contributed by atoms with E-state index in [-0.39, 0.29) is 5.91 Å². The van der Waals surface area contributed by atoms with E-state index in [0.717, 1.165) is 11.1 Å². The maximum Gasteiger partial charge on any atom is 0.270 e. The number of carbonyl (C=O) groups excluding carboxylic acids is 1. The lowest BCUT2D eigenvalue weighted by Gasteiger charge is -2.08. The second kappa shape index (κ2) is 8.92. The third kappa shape index (κ3) is 5.26. The number of nitrogens with one attached hydrogen (secondary N) is 2. The molecule has 2 N–H and O–H groups in total. The van der Waals surface area contributed by atoms with Crippen LogP contribution in [-0.2, 0) is 13.0 Å². The van der Waals surface area contributed by atoms with Gasteiger partial charge in [0.2, 0.25) is 0 Å². The zero-order valence-electron chi connectivity index (χ0n) is 14.0. The number of benzene rings is 1. The highest BCUT2D eigenvalue weighted by atomic mass is 35.5. The van der Waals surface area contributed by atoms with Crippen LogP contribution in [-0.4, -0.2) is 27.4 Å². The highest BCUT2D eigenvalue weighted by Gasteiger charge is 2.08. The van der Waals surface area contributed by atoms with Crippen molar-refractivity contribution < 1.29 is 4.79 Å². The van der Waals surface area contributed by atoms with Crippen LogP contribution < -0.4 is 10.6 Å². The van der Waals surface area contributed by atoms with E-state index < -0.39 is 0 Å². The van der Waals surface area contributed by atoms with Crippen molar-refractivity contribution in [1.29, 1.82) is 0 Å². The first-order chi connectivity index (χ1) is 12.7. The number of hydrogen-bond acceptors (Lipinski definition) is 5. The summed E-state index contributed by atoms with van der Waals surface area (Å²) in [6.45, 7) is 1.07. The first-order valence-electron chi connectivity index (χ1n) is 8.18. The molecule has 2 aromatic heterocycles. The molecule has 0 aliphatic heterocycles. The van der Waals surface area contributed by atoms with Gasteiger partial charge in [-0.05, 0) is 35.7 Å². The van der Waals surface area contributed by atoms with Crippen LogP contribution in [0.25, 0.3) is 0 Å². The molecule has 2 heterocycles. The van der Waals surface area contributed by atoms with Crippen molar-refractivity contribution in [2.45, 2.75) is 13.0 Å². The minimum Gasteiger partial charge on any atom is -0.366 e. The van der Waals surface area contributed by atoms with E-state index in [4.69, 9.17) is 11.6 Å². The van der Waals surface area contributed by atoms with Gasteiger partial charge in [0, 0.05) is 36.6 Å². The highest BCUT2D eigenvalue weighted by Crippen LogP contribution is 2.11. The van der Waals surface area contributed by atoms with Gasteiger partial charge in [-0.15, -0.1) is 0 Å². The molecular formula is C19H18ClN5O. The summed E-state index contributed by atoms with van der Waals surface area (Å²) < 4.78 is 0. The number of rotatable bonds is 7. The Kier molecular flexibility index (Phi) is 6.11. The number of halogens is 1. The SMILES string of the molecule is O=C(NCCc1cccc(Cl)c1)c1cc(NCc2cccnc2)ncn1. The van der Waals surface area contributed by atoms with Gasteiger partial charge >= 0.3 is 0 Å². The normalized spacial score (nSPS) is 10.3. The van der Waals surface area contributed by atoms with E-state index >= 15 is 0 Å². The van der Waals surface area contributed by atoms with Crippen molar-refractivity contribution in [1.82, 2.24) is 20.3 Å². The van der Waals surface area contributed by atoms with Gasteiger partial charge in [-0.2, -0.15) is 0 Å². The summed E-state index contributed by atoms with van der Waals surface area (Å²) in [6.07, 6.45) is 5.57. The van der Waals surface area contributed by atoms with Crippen molar-refractivity contribution in [3.63, 3.8) is 0 Å². The maximum absolute atomic E-state index is 12.3. The zero-order valence-corrected chi connectivity index (χ0v) is 14.8. The molecule has 1 aromatic carbocycles. The monoisotopic (exact) mass is 367 g/mol. The fraction of sp³-hybridized carbons (Fsp3) is 0.158. The van der Waals surface area contributed by atoms with Crippen molar-refractivity contribution >= 4 is 23.3 Å². The van der Waals surface area contributed by atoms with Gasteiger partial charge in [0.15, 0.2) is 0 Å². The standard InChI is InChI=1S/C19H18ClN5O/c20-16-5-1-3-14(9-16)6-8-22-19(26)17-10-18(25-13-24-17)23-12-15-4-2-7-21-11-15/h1-5,7,9-11,13H,6,8,12H2,(H,22,26)(H,23,24,25). The van der Waals surface area contributed by atoms with E-state index in [1.807, 2.05) is 36.4 Å². The largest absolute Gasteiger partial charge is 0.366 e. The third-order valence-corrected chi connectivity index (χ3v) is 3.92. The average molecular weight is 368 g/mol. The second-order valence-electron chi connectivity index (χ2n) is 5.64. The Morgan fingerprint density at radius 3 is 2.77 bits per heavy atom. The Labute approximate surface area is 156 Å². The summed E-state index contributed by atoms with van der Waals surface area (Å²) in [5, 5.41) is 6.71. The molecule has 6 nitrogen and oxygen atoms in total. The predicted octanol–water partition coefficient (Wildman–Crippen LogP) is 3.11. The lowest BCUT2D eigenvalue weighted by molar-refractivity contribution is 0.0949. The van der Waals surface area contributed by atoms with Crippen molar-refractivity contribution in [3.8, 4) is 0 Å². The van der Waals surface area contributed by atoms with Crippen LogP contribution in [0.4, 0.5) is 5.82 Å². The van der Waals surface area contributed by atoms with Crippen LogP contribution in [0.5, 0.6) is 0 Å². The predicted molar refractivity (Wildman–Crippen MR) is 101 cm³/mol. The third-order valence-electron chi connectivity index (χ3n) is 3.68. The first kappa shape index (κ1) is 17.8. The molecule has 0 bridgehead atoms. The molecule has 26 heavy (non-hydrogen) atoms. The van der Waals surface area contributed by atoms with Gasteiger partial charge in [0.05, 0.1) is 0 Å². The number of pyridine rings is 1. The lowest BCUT2D eigenvalue weighted by Crippen LogP contribution is -2.26. The lowest BCUT2D eigenvalue weighted by atomic mass is 10.1. The Hall–Kier alpha value is -2.99. The maximum atomic E-state index is 12.3. The minimum absolute atomic E-state index is 0.237. The van der Waals surface area contributed by atoms with Crippen LogP contribution >= 0.6 is 11.6 Å². The highest BCUT2D eigenvalue weighted by molar-refractivity contribution is 6.30. The molecule has 0 aliphatic rings. The smallest absolute Gasteiger partial charge is 0.270 e. The molecular weight excluding hydrogens is 350 g/mol. The molecule has 0 fully saturated rings. The molecule has 3 rings (SSSR count). The van der Waals surface area contributed by atoms with Crippen molar-refractivity contribution in [3.05, 3.63) is 83.0 Å². The van der Waals surface area contributed by atoms with E-state index in [0.29, 0.717) is 36.0 Å². The molecule has 0 radical (unpaired) electrons. The molecule has 0 unspecified atom stereocenters. The average Bonchev–Trinajstić information content (AvgIpc) is 2.67. The Bertz CT molecular complexity index is 873. The Morgan fingerprint density at radius 2 is 1.96 bits per heavy atom.